The molecule has 0 radical (unpaired) electrons. The normalized spacial score (nSPS) is 10.3. The van der Waals surface area contributed by atoms with Crippen LogP contribution in [0.25, 0.3) is 0 Å². The Balaban J connectivity index is 1.79. The van der Waals surface area contributed by atoms with E-state index in [1.807, 2.05) is 32.9 Å². The topological polar surface area (TPSA) is 93.2 Å². The molecular weight excluding hydrogens is 368 g/mol. The van der Waals surface area contributed by atoms with Gasteiger partial charge in [0, 0.05) is 17.6 Å². The second-order valence-electron chi connectivity index (χ2n) is 6.69. The van der Waals surface area contributed by atoms with Crippen molar-refractivity contribution in [1.29, 1.82) is 0 Å². The number of hydrogen-bond acceptors (Lipinski definition) is 6. The van der Waals surface area contributed by atoms with E-state index in [-0.39, 0.29) is 17.5 Å². The van der Waals surface area contributed by atoms with Crippen LogP contribution in [0, 0.1) is 20.8 Å². The van der Waals surface area contributed by atoms with Crippen LogP contribution in [0.2, 0.25) is 0 Å². The number of carbonyl (C=O) groups is 2. The number of benzene rings is 2. The van der Waals surface area contributed by atoms with Gasteiger partial charge in [-0.2, -0.15) is 0 Å². The maximum atomic E-state index is 12.7. The van der Waals surface area contributed by atoms with Gasteiger partial charge in [-0.05, 0) is 56.2 Å². The molecule has 1 heterocycles. The lowest BCUT2D eigenvalue weighted by atomic mass is 10.1. The Kier molecular flexibility index (Phi) is 5.87. The molecule has 0 fully saturated rings. The number of hydrogen-bond donors (Lipinski definition) is 2. The lowest BCUT2D eigenvalue weighted by molar-refractivity contribution is 0.0600. The predicted octanol–water partition coefficient (Wildman–Crippen LogP) is 4.18. The summed E-state index contributed by atoms with van der Waals surface area (Å²) in [6, 6.07) is 12.3. The summed E-state index contributed by atoms with van der Waals surface area (Å²) in [5.74, 6) is -0.516. The Morgan fingerprint density at radius 1 is 1.00 bits per heavy atom. The van der Waals surface area contributed by atoms with Gasteiger partial charge in [-0.25, -0.2) is 14.8 Å². The third-order valence-corrected chi connectivity index (χ3v) is 4.34. The Morgan fingerprint density at radius 2 is 1.72 bits per heavy atom. The number of methoxy groups -OCH3 is 1. The van der Waals surface area contributed by atoms with E-state index in [4.69, 9.17) is 4.74 Å². The number of aromatic nitrogens is 2. The minimum Gasteiger partial charge on any atom is -0.465 e. The third-order valence-electron chi connectivity index (χ3n) is 4.34. The minimum atomic E-state index is -0.438. The van der Waals surface area contributed by atoms with Gasteiger partial charge in [-0.15, -0.1) is 0 Å². The molecule has 3 rings (SSSR count). The average molecular weight is 390 g/mol. The van der Waals surface area contributed by atoms with Crippen molar-refractivity contribution in [3.63, 3.8) is 0 Å². The van der Waals surface area contributed by atoms with Crippen LogP contribution in [0.15, 0.2) is 48.7 Å². The zero-order valence-corrected chi connectivity index (χ0v) is 16.7. The van der Waals surface area contributed by atoms with E-state index in [9.17, 15) is 9.59 Å². The summed E-state index contributed by atoms with van der Waals surface area (Å²) in [5, 5.41) is 5.93. The fourth-order valence-electron chi connectivity index (χ4n) is 3.07. The van der Waals surface area contributed by atoms with Gasteiger partial charge in [0.05, 0.1) is 12.7 Å². The van der Waals surface area contributed by atoms with Crippen molar-refractivity contribution >= 4 is 29.2 Å². The molecule has 3 aromatic rings. The molecule has 148 valence electrons. The zero-order chi connectivity index (χ0) is 21.0. The van der Waals surface area contributed by atoms with E-state index in [1.54, 1.807) is 30.3 Å². The smallest absolute Gasteiger partial charge is 0.337 e. The highest BCUT2D eigenvalue weighted by molar-refractivity contribution is 6.03. The van der Waals surface area contributed by atoms with Crippen molar-refractivity contribution in [3.8, 4) is 0 Å². The number of esters is 1. The van der Waals surface area contributed by atoms with Crippen molar-refractivity contribution in [3.05, 3.63) is 76.6 Å². The second-order valence-corrected chi connectivity index (χ2v) is 6.69. The summed E-state index contributed by atoms with van der Waals surface area (Å²) in [4.78, 5) is 32.8. The zero-order valence-electron chi connectivity index (χ0n) is 16.7. The fraction of sp³-hybridized carbons (Fsp3) is 0.182. The molecule has 0 aliphatic rings. The summed E-state index contributed by atoms with van der Waals surface area (Å²) < 4.78 is 4.72. The number of carbonyl (C=O) groups excluding carboxylic acids is 2. The number of nitrogens with one attached hydrogen (secondary N) is 2. The van der Waals surface area contributed by atoms with Crippen LogP contribution >= 0.6 is 0 Å². The van der Waals surface area contributed by atoms with Crippen LogP contribution in [0.3, 0.4) is 0 Å². The molecule has 0 aliphatic heterocycles. The maximum absolute atomic E-state index is 12.7. The van der Waals surface area contributed by atoms with Crippen molar-refractivity contribution < 1.29 is 14.3 Å². The second kappa shape index (κ2) is 8.52. The van der Waals surface area contributed by atoms with Crippen LogP contribution in [-0.4, -0.2) is 29.0 Å². The van der Waals surface area contributed by atoms with Gasteiger partial charge < -0.3 is 15.4 Å². The Labute approximate surface area is 169 Å². The van der Waals surface area contributed by atoms with Gasteiger partial charge in [-0.1, -0.05) is 23.8 Å². The highest BCUT2D eigenvalue weighted by Gasteiger charge is 2.13. The Morgan fingerprint density at radius 3 is 2.41 bits per heavy atom. The Hall–Kier alpha value is -3.74. The molecule has 0 bridgehead atoms. The van der Waals surface area contributed by atoms with Crippen LogP contribution in [0.1, 0.15) is 37.5 Å². The largest absolute Gasteiger partial charge is 0.465 e. The number of amides is 1. The van der Waals surface area contributed by atoms with E-state index in [1.165, 1.54) is 13.3 Å². The van der Waals surface area contributed by atoms with Gasteiger partial charge in [-0.3, -0.25) is 4.79 Å². The van der Waals surface area contributed by atoms with Crippen molar-refractivity contribution in [2.24, 2.45) is 0 Å². The summed E-state index contributed by atoms with van der Waals surface area (Å²) >= 11 is 0. The van der Waals surface area contributed by atoms with Gasteiger partial charge in [0.15, 0.2) is 0 Å². The number of rotatable bonds is 5. The molecule has 2 aromatic carbocycles. The van der Waals surface area contributed by atoms with Crippen molar-refractivity contribution in [1.82, 2.24) is 9.97 Å². The molecule has 0 spiro atoms. The summed E-state index contributed by atoms with van der Waals surface area (Å²) in [5.41, 5.74) is 5.13. The lowest BCUT2D eigenvalue weighted by Crippen LogP contribution is -2.16. The first-order valence-corrected chi connectivity index (χ1v) is 9.05. The molecule has 7 nitrogen and oxygen atoms in total. The molecule has 0 saturated heterocycles. The van der Waals surface area contributed by atoms with Gasteiger partial charge >= 0.3 is 5.97 Å². The molecule has 0 atom stereocenters. The molecule has 0 unspecified atom stereocenters. The van der Waals surface area contributed by atoms with Gasteiger partial charge in [0.1, 0.15) is 5.69 Å². The van der Waals surface area contributed by atoms with Crippen molar-refractivity contribution in [2.75, 3.05) is 17.7 Å². The van der Waals surface area contributed by atoms with E-state index in [0.717, 1.165) is 22.4 Å². The predicted molar refractivity (Wildman–Crippen MR) is 112 cm³/mol. The number of anilines is 3. The molecule has 0 saturated carbocycles. The SMILES string of the molecule is COC(=O)c1cccc(Nc2nccc(C(=O)Nc3c(C)cc(C)cc3C)n2)c1. The summed E-state index contributed by atoms with van der Waals surface area (Å²) in [7, 11) is 1.32. The number of nitrogens with zero attached hydrogens (tertiary/aromatic N) is 2. The van der Waals surface area contributed by atoms with E-state index >= 15 is 0 Å². The van der Waals surface area contributed by atoms with Gasteiger partial charge in [0.2, 0.25) is 5.95 Å². The highest BCUT2D eigenvalue weighted by Crippen LogP contribution is 2.22. The van der Waals surface area contributed by atoms with E-state index < -0.39 is 5.97 Å². The monoisotopic (exact) mass is 390 g/mol. The molecule has 1 aromatic heterocycles. The fourth-order valence-corrected chi connectivity index (χ4v) is 3.07. The average Bonchev–Trinajstić information content (AvgIpc) is 2.70. The molecule has 0 aliphatic carbocycles. The van der Waals surface area contributed by atoms with Crippen LogP contribution in [0.5, 0.6) is 0 Å². The first-order valence-electron chi connectivity index (χ1n) is 9.05. The maximum Gasteiger partial charge on any atom is 0.337 e. The summed E-state index contributed by atoms with van der Waals surface area (Å²) in [6.07, 6.45) is 1.50. The van der Waals surface area contributed by atoms with E-state index in [0.29, 0.717) is 11.3 Å². The van der Waals surface area contributed by atoms with Crippen LogP contribution in [0.4, 0.5) is 17.3 Å². The standard InChI is InChI=1S/C22H22N4O3/c1-13-10-14(2)19(15(3)11-13)26-20(27)18-8-9-23-22(25-18)24-17-7-5-6-16(12-17)21(28)29-4/h5-12H,1-4H3,(H,26,27)(H,23,24,25). The summed E-state index contributed by atoms with van der Waals surface area (Å²) in [6.45, 7) is 5.93. The van der Waals surface area contributed by atoms with Crippen LogP contribution in [-0.2, 0) is 4.74 Å². The molecule has 2 N–H and O–H groups in total. The van der Waals surface area contributed by atoms with E-state index in [2.05, 4.69) is 20.6 Å². The first kappa shape index (κ1) is 20.0. The first-order chi connectivity index (χ1) is 13.9. The Bertz CT molecular complexity index is 1060. The molecule has 1 amide bonds. The molecule has 29 heavy (non-hydrogen) atoms. The lowest BCUT2D eigenvalue weighted by Gasteiger charge is -2.13. The minimum absolute atomic E-state index is 0.228. The molecular formula is C22H22N4O3. The highest BCUT2D eigenvalue weighted by atomic mass is 16.5. The third kappa shape index (κ3) is 4.76. The number of ether oxygens (including phenoxy) is 1. The quantitative estimate of drug-likeness (QED) is 0.635. The van der Waals surface area contributed by atoms with Crippen molar-refractivity contribution in [2.45, 2.75) is 20.8 Å². The number of aryl methyl sites for hydroxylation is 3. The van der Waals surface area contributed by atoms with Gasteiger partial charge in [0.25, 0.3) is 5.91 Å². The molecule has 7 heteroatoms. The van der Waals surface area contributed by atoms with Crippen LogP contribution < -0.4 is 10.6 Å².